The molecular weight excluding hydrogens is 391 g/mol. The van der Waals surface area contributed by atoms with Crippen molar-refractivity contribution in [3.63, 3.8) is 0 Å². The van der Waals surface area contributed by atoms with Gasteiger partial charge in [-0.05, 0) is 22.0 Å². The molecule has 1 atom stereocenters. The Kier molecular flexibility index (Phi) is 10.9. The van der Waals surface area contributed by atoms with Crippen LogP contribution in [0.1, 0.15) is 6.42 Å². The van der Waals surface area contributed by atoms with Crippen molar-refractivity contribution in [1.82, 2.24) is 5.32 Å². The lowest BCUT2D eigenvalue weighted by molar-refractivity contribution is -0.133. The van der Waals surface area contributed by atoms with E-state index in [0.29, 0.717) is 0 Å². The van der Waals surface area contributed by atoms with E-state index in [4.69, 9.17) is 9.79 Å². The number of nitrogens with zero attached hydrogens (tertiary/aromatic N) is 2. The summed E-state index contributed by atoms with van der Waals surface area (Å²) in [6.45, 7) is -0.319. The molecule has 1 amide bonds. The summed E-state index contributed by atoms with van der Waals surface area (Å²) in [4.78, 5) is 35.0. The molecule has 0 rings (SSSR count). The standard InChI is InChI=1S/C7H7BIN3O6P/c9-19(18-7(15)12-5-16-3-10)8-17-6(14)1-2-11-4-13/h1-2,5H2,(H,12,15). The highest BCUT2D eigenvalue weighted by Gasteiger charge is 2.17. The Balaban J connectivity index is 3.71. The zero-order valence-electron chi connectivity index (χ0n) is 9.37. The predicted molar refractivity (Wildman–Crippen MR) is 71.6 cm³/mol. The number of ether oxygens (including phenoxy) is 1. The van der Waals surface area contributed by atoms with Crippen LogP contribution in [-0.2, 0) is 23.5 Å². The highest BCUT2D eigenvalue weighted by atomic mass is 127. The summed E-state index contributed by atoms with van der Waals surface area (Å²) in [6.07, 6.45) is 1.76. The first kappa shape index (κ1) is 17.6. The van der Waals surface area contributed by atoms with Gasteiger partial charge in [-0.1, -0.05) is 0 Å². The van der Waals surface area contributed by atoms with E-state index in [1.54, 1.807) is 22.0 Å². The van der Waals surface area contributed by atoms with Gasteiger partial charge in [-0.2, -0.15) is 5.26 Å². The van der Waals surface area contributed by atoms with Crippen LogP contribution in [0.3, 0.4) is 0 Å². The van der Waals surface area contributed by atoms with E-state index in [1.165, 1.54) is 12.3 Å². The summed E-state index contributed by atoms with van der Waals surface area (Å²) in [5.74, 6) is -0.611. The Morgan fingerprint density at radius 3 is 2.89 bits per heavy atom. The maximum atomic E-state index is 11.1. The highest BCUT2D eigenvalue weighted by Crippen LogP contribution is 2.44. The number of carbonyl (C=O) groups is 2. The Bertz CT molecular complexity index is 399. The zero-order chi connectivity index (χ0) is 14.5. The lowest BCUT2D eigenvalue weighted by Crippen LogP contribution is -2.25. The first-order valence-corrected chi connectivity index (χ1v) is 8.69. The van der Waals surface area contributed by atoms with Crippen LogP contribution in [0.4, 0.5) is 4.79 Å². The maximum Gasteiger partial charge on any atom is 0.464 e. The SMILES string of the molecule is N#COCNC(=O)OP(I)[B]OC(=O)CCN=C=O. The number of hydrogen-bond donors (Lipinski definition) is 1. The second kappa shape index (κ2) is 11.7. The van der Waals surface area contributed by atoms with Crippen molar-refractivity contribution in [3.8, 4) is 6.26 Å². The molecule has 0 spiro atoms. The second-order valence-electron chi connectivity index (χ2n) is 2.53. The van der Waals surface area contributed by atoms with E-state index in [1.807, 2.05) is 0 Å². The van der Waals surface area contributed by atoms with E-state index in [9.17, 15) is 14.4 Å². The van der Waals surface area contributed by atoms with Crippen LogP contribution >= 0.6 is 27.7 Å². The molecule has 0 saturated carbocycles. The Labute approximate surface area is 123 Å². The third kappa shape index (κ3) is 11.5. The quantitative estimate of drug-likeness (QED) is 0.0933. The smallest absolute Gasteiger partial charge is 0.464 e. The maximum absolute atomic E-state index is 11.1. The van der Waals surface area contributed by atoms with Gasteiger partial charge >= 0.3 is 13.3 Å². The molecule has 0 aromatic rings. The van der Waals surface area contributed by atoms with Crippen molar-refractivity contribution in [2.24, 2.45) is 4.99 Å². The third-order valence-corrected chi connectivity index (χ3v) is 3.17. The minimum atomic E-state index is -1.45. The number of aliphatic imine (C=N–C) groups is 1. The first-order chi connectivity index (χ1) is 9.10. The molecule has 0 saturated heterocycles. The average Bonchev–Trinajstić information content (AvgIpc) is 2.37. The molecule has 19 heavy (non-hydrogen) atoms. The summed E-state index contributed by atoms with van der Waals surface area (Å²) >= 11 is 1.75. The monoisotopic (exact) mass is 398 g/mol. The molecule has 0 aromatic carbocycles. The fourth-order valence-corrected chi connectivity index (χ4v) is 1.96. The summed E-state index contributed by atoms with van der Waals surface area (Å²) in [5.41, 5.74) is -1.45. The van der Waals surface area contributed by atoms with Gasteiger partial charge in [-0.25, -0.2) is 14.6 Å². The number of carbonyl (C=O) groups excluding carboxylic acids is 3. The van der Waals surface area contributed by atoms with Crippen molar-refractivity contribution in [3.05, 3.63) is 0 Å². The van der Waals surface area contributed by atoms with Crippen LogP contribution in [0.15, 0.2) is 4.99 Å². The molecule has 0 aliphatic carbocycles. The number of rotatable bonds is 8. The van der Waals surface area contributed by atoms with Crippen molar-refractivity contribution >= 4 is 53.1 Å². The van der Waals surface area contributed by atoms with Gasteiger partial charge in [0, 0.05) is 0 Å². The molecular formula is C7H7BIN3O6P. The van der Waals surface area contributed by atoms with Gasteiger partial charge in [0.15, 0.2) is 12.4 Å². The second-order valence-corrected chi connectivity index (χ2v) is 6.32. The summed E-state index contributed by atoms with van der Waals surface area (Å²) in [7, 11) is 1.06. The van der Waals surface area contributed by atoms with Crippen molar-refractivity contribution in [1.29, 1.82) is 5.26 Å². The van der Waals surface area contributed by atoms with Gasteiger partial charge in [-0.15, -0.1) is 0 Å². The third-order valence-electron chi connectivity index (χ3n) is 1.28. The van der Waals surface area contributed by atoms with Crippen LogP contribution in [0.2, 0.25) is 0 Å². The van der Waals surface area contributed by atoms with Gasteiger partial charge in [0.2, 0.25) is 6.08 Å². The van der Waals surface area contributed by atoms with Crippen LogP contribution in [0.5, 0.6) is 0 Å². The van der Waals surface area contributed by atoms with Crippen LogP contribution in [0, 0.1) is 11.5 Å². The minimum Gasteiger partial charge on any atom is -0.528 e. The van der Waals surface area contributed by atoms with Crippen molar-refractivity contribution in [2.45, 2.75) is 6.42 Å². The van der Waals surface area contributed by atoms with E-state index >= 15 is 0 Å². The van der Waals surface area contributed by atoms with Crippen molar-refractivity contribution < 1.29 is 28.3 Å². The largest absolute Gasteiger partial charge is 0.528 e. The van der Waals surface area contributed by atoms with Crippen LogP contribution in [0.25, 0.3) is 0 Å². The summed E-state index contributed by atoms with van der Waals surface area (Å²) in [5, 5.41) is 10.2. The number of isocyanates is 1. The summed E-state index contributed by atoms with van der Waals surface area (Å²) in [6, 6.07) is 0. The molecule has 9 nitrogen and oxygen atoms in total. The van der Waals surface area contributed by atoms with Gasteiger partial charge in [-0.3, -0.25) is 10.1 Å². The molecule has 0 aliphatic rings. The Morgan fingerprint density at radius 1 is 1.53 bits per heavy atom. The van der Waals surface area contributed by atoms with E-state index in [0.717, 1.165) is 7.20 Å². The molecule has 12 heteroatoms. The molecule has 0 fully saturated rings. The molecule has 1 unspecified atom stereocenters. The number of nitriles is 1. The minimum absolute atomic E-state index is 0.0117. The topological polar surface area (TPSA) is 127 Å². The van der Waals surface area contributed by atoms with E-state index < -0.39 is 17.7 Å². The lowest BCUT2D eigenvalue weighted by Gasteiger charge is -2.09. The number of nitrogens with one attached hydrogen (secondary N) is 1. The fourth-order valence-electron chi connectivity index (χ4n) is 0.612. The molecule has 101 valence electrons. The van der Waals surface area contributed by atoms with Crippen LogP contribution in [-0.4, -0.2) is 38.6 Å². The highest BCUT2D eigenvalue weighted by molar-refractivity contribution is 14.2. The number of hydrogen-bond acceptors (Lipinski definition) is 8. The lowest BCUT2D eigenvalue weighted by atomic mass is 10.4. The average molecular weight is 398 g/mol. The summed E-state index contributed by atoms with van der Waals surface area (Å²) < 4.78 is 13.6. The van der Waals surface area contributed by atoms with Gasteiger partial charge in [0.1, 0.15) is 0 Å². The molecule has 0 aliphatic heterocycles. The fraction of sp³-hybridized carbons (Fsp3) is 0.429. The molecule has 0 bridgehead atoms. The molecule has 0 aromatic heterocycles. The van der Waals surface area contributed by atoms with Gasteiger partial charge in [0.25, 0.3) is 12.2 Å². The van der Waals surface area contributed by atoms with Crippen LogP contribution < -0.4 is 5.32 Å². The predicted octanol–water partition coefficient (Wildman–Crippen LogP) is 0.718. The first-order valence-electron chi connectivity index (χ1n) is 4.58. The Morgan fingerprint density at radius 2 is 2.26 bits per heavy atom. The van der Waals surface area contributed by atoms with Gasteiger partial charge < -0.3 is 13.9 Å². The normalized spacial score (nSPS) is 10.1. The molecule has 0 heterocycles. The van der Waals surface area contributed by atoms with E-state index in [2.05, 4.69) is 19.7 Å². The van der Waals surface area contributed by atoms with Crippen molar-refractivity contribution in [2.75, 3.05) is 13.3 Å². The van der Waals surface area contributed by atoms with E-state index in [-0.39, 0.29) is 19.7 Å². The number of amides is 1. The molecule has 1 N–H and O–H groups in total. The molecule has 1 radical (unpaired) electrons. The zero-order valence-corrected chi connectivity index (χ0v) is 12.4. The Hall–Kier alpha value is -1.37. The number of halogens is 1. The van der Waals surface area contributed by atoms with Gasteiger partial charge in [0.05, 0.1) is 13.0 Å².